The van der Waals surface area contributed by atoms with Crippen molar-refractivity contribution in [1.82, 2.24) is 10.3 Å². The molecule has 1 atom stereocenters. The van der Waals surface area contributed by atoms with E-state index < -0.39 is 0 Å². The van der Waals surface area contributed by atoms with Gasteiger partial charge in [0, 0.05) is 30.6 Å². The first-order chi connectivity index (χ1) is 17.5. The Bertz CT molecular complexity index is 1240. The van der Waals surface area contributed by atoms with Crippen molar-refractivity contribution in [2.75, 3.05) is 31.1 Å². The first kappa shape index (κ1) is 24.8. The van der Waals surface area contributed by atoms with Crippen LogP contribution in [0.15, 0.2) is 35.7 Å². The van der Waals surface area contributed by atoms with Crippen LogP contribution >= 0.6 is 11.3 Å². The number of anilines is 1. The summed E-state index contributed by atoms with van der Waals surface area (Å²) in [6.45, 7) is 10.7. The number of aryl methyl sites for hydroxylation is 1. The molecule has 0 radical (unpaired) electrons. The molecule has 1 fully saturated rings. The quantitative estimate of drug-likeness (QED) is 0.432. The van der Waals surface area contributed by atoms with E-state index in [1.807, 2.05) is 6.92 Å². The largest absolute Gasteiger partial charge is 0.488 e. The number of thiazole rings is 1. The van der Waals surface area contributed by atoms with Crippen LogP contribution < -0.4 is 15.0 Å². The van der Waals surface area contributed by atoms with Gasteiger partial charge >= 0.3 is 5.97 Å². The lowest BCUT2D eigenvalue weighted by molar-refractivity contribution is -0.148. The minimum atomic E-state index is -0.0953. The lowest BCUT2D eigenvalue weighted by Crippen LogP contribution is -2.39. The van der Waals surface area contributed by atoms with Crippen molar-refractivity contribution in [2.24, 2.45) is 5.92 Å². The maximum atomic E-state index is 12.3. The lowest BCUT2D eigenvalue weighted by atomic mass is 9.93. The Morgan fingerprint density at radius 3 is 3.00 bits per heavy atom. The molecule has 3 aromatic rings. The molecule has 0 saturated carbocycles. The second-order valence-electron chi connectivity index (χ2n) is 9.71. The van der Waals surface area contributed by atoms with E-state index in [-0.39, 0.29) is 11.9 Å². The number of nitrogens with one attached hydrogen (secondary N) is 1. The zero-order valence-electron chi connectivity index (χ0n) is 21.4. The molecule has 5 rings (SSSR count). The summed E-state index contributed by atoms with van der Waals surface area (Å²) in [5.41, 5.74) is 8.48. The average molecular weight is 506 g/mol. The molecule has 6 nitrogen and oxygen atoms in total. The highest BCUT2D eigenvalue weighted by Gasteiger charge is 2.28. The van der Waals surface area contributed by atoms with Crippen LogP contribution in [0.1, 0.15) is 47.6 Å². The van der Waals surface area contributed by atoms with E-state index in [2.05, 4.69) is 59.8 Å². The van der Waals surface area contributed by atoms with Gasteiger partial charge in [-0.05, 0) is 80.5 Å². The molecular weight excluding hydrogens is 470 g/mol. The minimum Gasteiger partial charge on any atom is -0.488 e. The van der Waals surface area contributed by atoms with Gasteiger partial charge in [0.15, 0.2) is 5.13 Å². The molecule has 0 aliphatic carbocycles. The number of hydrogen-bond acceptors (Lipinski definition) is 7. The van der Waals surface area contributed by atoms with Gasteiger partial charge in [0.2, 0.25) is 0 Å². The molecule has 36 heavy (non-hydrogen) atoms. The summed E-state index contributed by atoms with van der Waals surface area (Å²) in [5, 5.41) is 6.50. The Labute approximate surface area is 217 Å². The number of para-hydroxylation sites is 1. The molecule has 1 N–H and O–H groups in total. The minimum absolute atomic E-state index is 0.0837. The molecule has 3 heterocycles. The lowest BCUT2D eigenvalue weighted by Gasteiger charge is -2.31. The fourth-order valence-electron chi connectivity index (χ4n) is 5.30. The van der Waals surface area contributed by atoms with Crippen LogP contribution in [0.2, 0.25) is 0 Å². The summed E-state index contributed by atoms with van der Waals surface area (Å²) in [5.74, 6) is 0.706. The maximum absolute atomic E-state index is 12.3. The number of ether oxygens (including phenoxy) is 2. The van der Waals surface area contributed by atoms with Gasteiger partial charge in [-0.1, -0.05) is 24.3 Å². The van der Waals surface area contributed by atoms with Gasteiger partial charge in [-0.3, -0.25) is 4.79 Å². The number of benzene rings is 2. The second kappa shape index (κ2) is 11.0. The topological polar surface area (TPSA) is 63.7 Å². The Morgan fingerprint density at radius 1 is 1.25 bits per heavy atom. The third kappa shape index (κ3) is 5.13. The zero-order chi connectivity index (χ0) is 25.1. The molecule has 1 saturated heterocycles. The standard InChI is InChI=1S/C29H35N3O3S/c1-4-34-28(33)22-8-6-14-32(16-22)29-31-26(18-36-29)25-9-5-7-19(2)27(25)35-17-23-11-10-21-15-30-13-12-24(21)20(23)3/h5,7,9-11,18,22,30H,4,6,8,12-17H2,1-3H3. The fourth-order valence-corrected chi connectivity index (χ4v) is 6.16. The van der Waals surface area contributed by atoms with Crippen molar-refractivity contribution >= 4 is 22.4 Å². The predicted octanol–water partition coefficient (Wildman–Crippen LogP) is 5.43. The van der Waals surface area contributed by atoms with Crippen molar-refractivity contribution < 1.29 is 14.3 Å². The van der Waals surface area contributed by atoms with Gasteiger partial charge in [-0.15, -0.1) is 11.3 Å². The Balaban J connectivity index is 1.34. The van der Waals surface area contributed by atoms with Crippen LogP contribution in [0.25, 0.3) is 11.3 Å². The van der Waals surface area contributed by atoms with Crippen LogP contribution in [0, 0.1) is 19.8 Å². The fraction of sp³-hybridized carbons (Fsp3) is 0.448. The summed E-state index contributed by atoms with van der Waals surface area (Å²) in [7, 11) is 0. The summed E-state index contributed by atoms with van der Waals surface area (Å²) >= 11 is 1.63. The van der Waals surface area contributed by atoms with Crippen molar-refractivity contribution in [3.63, 3.8) is 0 Å². The van der Waals surface area contributed by atoms with Crippen LogP contribution in [-0.2, 0) is 29.1 Å². The van der Waals surface area contributed by atoms with Gasteiger partial charge in [0.1, 0.15) is 12.4 Å². The molecule has 2 aliphatic heterocycles. The molecule has 0 bridgehead atoms. The number of rotatable bonds is 7. The van der Waals surface area contributed by atoms with Gasteiger partial charge in [-0.25, -0.2) is 4.98 Å². The normalized spacial score (nSPS) is 17.5. The van der Waals surface area contributed by atoms with Gasteiger partial charge in [0.05, 0.1) is 18.2 Å². The third-order valence-corrected chi connectivity index (χ3v) is 8.24. The van der Waals surface area contributed by atoms with Gasteiger partial charge in [-0.2, -0.15) is 0 Å². The number of aromatic nitrogens is 1. The van der Waals surface area contributed by atoms with Crippen LogP contribution in [0.3, 0.4) is 0 Å². The zero-order valence-corrected chi connectivity index (χ0v) is 22.2. The van der Waals surface area contributed by atoms with Crippen LogP contribution in [0.5, 0.6) is 5.75 Å². The predicted molar refractivity (Wildman–Crippen MR) is 145 cm³/mol. The number of fused-ring (bicyclic) bond motifs is 1. The molecule has 0 amide bonds. The molecule has 2 aliphatic rings. The van der Waals surface area contributed by atoms with E-state index in [0.717, 1.165) is 66.6 Å². The molecule has 0 spiro atoms. The number of nitrogens with zero attached hydrogens (tertiary/aromatic N) is 2. The first-order valence-electron chi connectivity index (χ1n) is 13.0. The number of carbonyl (C=O) groups excluding carboxylic acids is 1. The van der Waals surface area contributed by atoms with Crippen molar-refractivity contribution in [1.29, 1.82) is 0 Å². The first-order valence-corrected chi connectivity index (χ1v) is 13.8. The van der Waals surface area contributed by atoms with Crippen LogP contribution in [0.4, 0.5) is 5.13 Å². The summed E-state index contributed by atoms with van der Waals surface area (Å²) in [6.07, 6.45) is 2.91. The molecule has 1 aromatic heterocycles. The smallest absolute Gasteiger partial charge is 0.310 e. The Morgan fingerprint density at radius 2 is 2.14 bits per heavy atom. The Kier molecular flexibility index (Phi) is 7.58. The van der Waals surface area contributed by atoms with E-state index in [9.17, 15) is 4.79 Å². The number of hydrogen-bond donors (Lipinski definition) is 1. The van der Waals surface area contributed by atoms with E-state index in [1.54, 1.807) is 11.3 Å². The number of esters is 1. The van der Waals surface area contributed by atoms with Crippen LogP contribution in [-0.4, -0.2) is 37.2 Å². The highest BCUT2D eigenvalue weighted by Crippen LogP contribution is 2.37. The highest BCUT2D eigenvalue weighted by atomic mass is 32.1. The number of piperidine rings is 1. The molecular formula is C29H35N3O3S. The highest BCUT2D eigenvalue weighted by molar-refractivity contribution is 7.14. The van der Waals surface area contributed by atoms with Crippen molar-refractivity contribution in [3.8, 4) is 17.0 Å². The van der Waals surface area contributed by atoms with E-state index in [1.165, 1.54) is 22.3 Å². The van der Waals surface area contributed by atoms with Gasteiger partial charge in [0.25, 0.3) is 0 Å². The molecule has 190 valence electrons. The monoisotopic (exact) mass is 505 g/mol. The summed E-state index contributed by atoms with van der Waals surface area (Å²) in [6, 6.07) is 10.7. The third-order valence-electron chi connectivity index (χ3n) is 7.34. The SMILES string of the molecule is CCOC(=O)C1CCCN(c2nc(-c3cccc(C)c3OCc3ccc4c(c3C)CCNC4)cs2)C1. The second-order valence-corrected chi connectivity index (χ2v) is 10.5. The number of carbonyl (C=O) groups is 1. The molecule has 1 unspecified atom stereocenters. The van der Waals surface area contributed by atoms with E-state index in [0.29, 0.717) is 19.8 Å². The molecule has 7 heteroatoms. The van der Waals surface area contributed by atoms with Crippen molar-refractivity contribution in [3.05, 3.63) is 63.5 Å². The molecule has 2 aromatic carbocycles. The van der Waals surface area contributed by atoms with E-state index in [4.69, 9.17) is 14.5 Å². The summed E-state index contributed by atoms with van der Waals surface area (Å²) in [4.78, 5) is 19.5. The van der Waals surface area contributed by atoms with Crippen molar-refractivity contribution in [2.45, 2.75) is 53.2 Å². The van der Waals surface area contributed by atoms with Gasteiger partial charge < -0.3 is 19.7 Å². The van der Waals surface area contributed by atoms with E-state index >= 15 is 0 Å². The summed E-state index contributed by atoms with van der Waals surface area (Å²) < 4.78 is 11.8. The Hall–Kier alpha value is -2.90. The maximum Gasteiger partial charge on any atom is 0.310 e. The average Bonchev–Trinajstić information content (AvgIpc) is 3.39.